The SMILES string of the molecule is O=C(c1cccc(-c2noc(C(F)(F)F)n2)c1)N1CCN(Cc2ccc([N+](=O)[O-])cc2)CC1. The van der Waals surface area contributed by atoms with Crippen molar-refractivity contribution in [3.05, 3.63) is 75.7 Å². The lowest BCUT2D eigenvalue weighted by Crippen LogP contribution is -2.48. The minimum Gasteiger partial charge on any atom is -0.336 e. The van der Waals surface area contributed by atoms with E-state index in [1.54, 1.807) is 29.2 Å². The summed E-state index contributed by atoms with van der Waals surface area (Å²) in [4.78, 5) is 30.4. The topological polar surface area (TPSA) is 106 Å². The number of nitrogens with zero attached hydrogens (tertiary/aromatic N) is 5. The molecule has 0 aliphatic carbocycles. The number of nitro benzene ring substituents is 1. The number of rotatable bonds is 5. The highest BCUT2D eigenvalue weighted by Gasteiger charge is 2.38. The molecule has 1 amide bonds. The quantitative estimate of drug-likeness (QED) is 0.422. The van der Waals surface area contributed by atoms with Crippen LogP contribution in [0.3, 0.4) is 0 Å². The third-order valence-corrected chi connectivity index (χ3v) is 5.25. The standard InChI is InChI=1S/C21H18F3N5O4/c22-21(23,24)20-25-18(26-33-20)15-2-1-3-16(12-15)19(30)28-10-8-27(9-11-28)13-14-4-6-17(7-5-14)29(31)32/h1-7,12H,8-11,13H2. The Morgan fingerprint density at radius 2 is 1.79 bits per heavy atom. The molecule has 1 aliphatic rings. The molecule has 9 nitrogen and oxygen atoms in total. The van der Waals surface area contributed by atoms with E-state index >= 15 is 0 Å². The fraction of sp³-hybridized carbons (Fsp3) is 0.286. The highest BCUT2D eigenvalue weighted by atomic mass is 19.4. The van der Waals surface area contributed by atoms with Crippen LogP contribution in [0.1, 0.15) is 21.8 Å². The summed E-state index contributed by atoms with van der Waals surface area (Å²) in [6, 6.07) is 12.4. The monoisotopic (exact) mass is 461 g/mol. The van der Waals surface area contributed by atoms with Crippen molar-refractivity contribution in [1.82, 2.24) is 19.9 Å². The molecule has 3 aromatic rings. The molecule has 0 saturated carbocycles. The van der Waals surface area contributed by atoms with E-state index in [2.05, 4.69) is 19.6 Å². The molecule has 0 radical (unpaired) electrons. The summed E-state index contributed by atoms with van der Waals surface area (Å²) in [7, 11) is 0. The number of aromatic nitrogens is 2. The first-order chi connectivity index (χ1) is 15.7. The third-order valence-electron chi connectivity index (χ3n) is 5.25. The number of hydrogen-bond acceptors (Lipinski definition) is 7. The molecule has 12 heteroatoms. The number of benzene rings is 2. The number of piperazine rings is 1. The molecular weight excluding hydrogens is 443 g/mol. The molecule has 1 fully saturated rings. The van der Waals surface area contributed by atoms with Crippen LogP contribution >= 0.6 is 0 Å². The summed E-state index contributed by atoms with van der Waals surface area (Å²) in [5.74, 6) is -1.94. The fourth-order valence-corrected chi connectivity index (χ4v) is 3.52. The third kappa shape index (κ3) is 5.17. The normalized spacial score (nSPS) is 14.9. The number of non-ortho nitro benzene ring substituents is 1. The number of amides is 1. The number of nitro groups is 1. The van der Waals surface area contributed by atoms with Crippen molar-refractivity contribution in [3.63, 3.8) is 0 Å². The highest BCUT2D eigenvalue weighted by molar-refractivity contribution is 5.95. The van der Waals surface area contributed by atoms with Crippen molar-refractivity contribution in [1.29, 1.82) is 0 Å². The van der Waals surface area contributed by atoms with Crippen molar-refractivity contribution < 1.29 is 27.4 Å². The van der Waals surface area contributed by atoms with Crippen molar-refractivity contribution in [2.24, 2.45) is 0 Å². The van der Waals surface area contributed by atoms with Crippen molar-refractivity contribution in [2.75, 3.05) is 26.2 Å². The van der Waals surface area contributed by atoms with Crippen LogP contribution in [0.25, 0.3) is 11.4 Å². The molecule has 0 N–H and O–H groups in total. The van der Waals surface area contributed by atoms with E-state index in [0.29, 0.717) is 38.3 Å². The fourth-order valence-electron chi connectivity index (χ4n) is 3.52. The number of carbonyl (C=O) groups is 1. The molecule has 2 aromatic carbocycles. The van der Waals surface area contributed by atoms with Crippen LogP contribution in [0.4, 0.5) is 18.9 Å². The van der Waals surface area contributed by atoms with Gasteiger partial charge >= 0.3 is 12.1 Å². The molecule has 1 saturated heterocycles. The molecule has 0 atom stereocenters. The average Bonchev–Trinajstić information content (AvgIpc) is 3.31. The van der Waals surface area contributed by atoms with Gasteiger partial charge in [-0.15, -0.1) is 0 Å². The molecule has 0 bridgehead atoms. The Morgan fingerprint density at radius 3 is 2.39 bits per heavy atom. The largest absolute Gasteiger partial charge is 0.471 e. The van der Waals surface area contributed by atoms with Crippen LogP contribution in [0.15, 0.2) is 53.1 Å². The Labute approximate surface area is 185 Å². The molecule has 0 unspecified atom stereocenters. The van der Waals surface area contributed by atoms with Crippen molar-refractivity contribution >= 4 is 11.6 Å². The minimum absolute atomic E-state index is 0.0341. The summed E-state index contributed by atoms with van der Waals surface area (Å²) in [6.07, 6.45) is -4.74. The van der Waals surface area contributed by atoms with Crippen molar-refractivity contribution in [3.8, 4) is 11.4 Å². The lowest BCUT2D eigenvalue weighted by molar-refractivity contribution is -0.384. The van der Waals surface area contributed by atoms with Gasteiger partial charge in [0.15, 0.2) is 0 Å². The lowest BCUT2D eigenvalue weighted by atomic mass is 10.1. The number of hydrogen-bond donors (Lipinski definition) is 0. The van der Waals surface area contributed by atoms with Gasteiger partial charge in [-0.05, 0) is 17.7 Å². The zero-order valence-electron chi connectivity index (χ0n) is 17.2. The first-order valence-electron chi connectivity index (χ1n) is 9.97. The summed E-state index contributed by atoms with van der Waals surface area (Å²) in [5, 5.41) is 14.1. The molecule has 33 heavy (non-hydrogen) atoms. The second kappa shape index (κ2) is 8.98. The zero-order chi connectivity index (χ0) is 23.6. The Balaban J connectivity index is 1.37. The number of halogens is 3. The molecule has 172 valence electrons. The first-order valence-corrected chi connectivity index (χ1v) is 9.97. The Bertz CT molecular complexity index is 1160. The summed E-state index contributed by atoms with van der Waals surface area (Å²) in [5.41, 5.74) is 1.53. The van der Waals surface area contributed by atoms with Gasteiger partial charge in [0.05, 0.1) is 4.92 Å². The van der Waals surface area contributed by atoms with Crippen LogP contribution < -0.4 is 0 Å². The predicted molar refractivity (Wildman–Crippen MR) is 109 cm³/mol. The second-order valence-corrected chi connectivity index (χ2v) is 7.49. The average molecular weight is 461 g/mol. The molecule has 1 aromatic heterocycles. The van der Waals surface area contributed by atoms with Gasteiger partial charge in [-0.2, -0.15) is 18.2 Å². The van der Waals surface area contributed by atoms with E-state index in [4.69, 9.17) is 0 Å². The van der Waals surface area contributed by atoms with E-state index in [1.165, 1.54) is 24.3 Å². The van der Waals surface area contributed by atoms with E-state index in [-0.39, 0.29) is 23.0 Å². The number of carbonyl (C=O) groups excluding carboxylic acids is 1. The summed E-state index contributed by atoms with van der Waals surface area (Å²) < 4.78 is 42.4. The van der Waals surface area contributed by atoms with Crippen molar-refractivity contribution in [2.45, 2.75) is 12.7 Å². The zero-order valence-corrected chi connectivity index (χ0v) is 17.2. The van der Waals surface area contributed by atoms with Gasteiger partial charge < -0.3 is 9.42 Å². The van der Waals surface area contributed by atoms with Gasteiger partial charge in [-0.25, -0.2) is 0 Å². The molecule has 4 rings (SSSR count). The van der Waals surface area contributed by atoms with Gasteiger partial charge in [0.1, 0.15) is 0 Å². The van der Waals surface area contributed by atoms with Gasteiger partial charge in [-0.1, -0.05) is 29.4 Å². The van der Waals surface area contributed by atoms with Crippen LogP contribution in [0.2, 0.25) is 0 Å². The van der Waals surface area contributed by atoms with Gasteiger partial charge in [0.25, 0.3) is 11.6 Å². The van der Waals surface area contributed by atoms with E-state index in [1.807, 2.05) is 0 Å². The molecule has 2 heterocycles. The Kier molecular flexibility index (Phi) is 6.09. The maximum atomic E-state index is 12.9. The van der Waals surface area contributed by atoms with Gasteiger partial charge in [0.2, 0.25) is 5.82 Å². The second-order valence-electron chi connectivity index (χ2n) is 7.49. The van der Waals surface area contributed by atoms with Crippen LogP contribution in [-0.4, -0.2) is 56.9 Å². The van der Waals surface area contributed by atoms with Crippen LogP contribution in [0, 0.1) is 10.1 Å². The summed E-state index contributed by atoms with van der Waals surface area (Å²) >= 11 is 0. The predicted octanol–water partition coefficient (Wildman–Crippen LogP) is 3.62. The molecule has 0 spiro atoms. The lowest BCUT2D eigenvalue weighted by Gasteiger charge is -2.34. The summed E-state index contributed by atoms with van der Waals surface area (Å²) in [6.45, 7) is 2.77. The smallest absolute Gasteiger partial charge is 0.336 e. The molecule has 1 aliphatic heterocycles. The molecular formula is C21H18F3N5O4. The van der Waals surface area contributed by atoms with E-state index in [9.17, 15) is 28.1 Å². The number of alkyl halides is 3. The van der Waals surface area contributed by atoms with Crippen LogP contribution in [-0.2, 0) is 12.7 Å². The van der Waals surface area contributed by atoms with Gasteiger partial charge in [0, 0.05) is 56.0 Å². The maximum absolute atomic E-state index is 12.9. The van der Waals surface area contributed by atoms with E-state index in [0.717, 1.165) is 5.56 Å². The van der Waals surface area contributed by atoms with Gasteiger partial charge in [-0.3, -0.25) is 19.8 Å². The Morgan fingerprint density at radius 1 is 1.09 bits per heavy atom. The maximum Gasteiger partial charge on any atom is 0.471 e. The minimum atomic E-state index is -4.74. The Hall–Kier alpha value is -3.80. The van der Waals surface area contributed by atoms with Crippen LogP contribution in [0.5, 0.6) is 0 Å². The highest BCUT2D eigenvalue weighted by Crippen LogP contribution is 2.29. The first kappa shape index (κ1) is 22.4. The van der Waals surface area contributed by atoms with E-state index < -0.39 is 17.0 Å².